The van der Waals surface area contributed by atoms with Crippen molar-refractivity contribution in [3.63, 3.8) is 0 Å². The lowest BCUT2D eigenvalue weighted by molar-refractivity contribution is 0.215. The molecule has 55 valence electrons. The van der Waals surface area contributed by atoms with E-state index in [1.165, 1.54) is 25.0 Å². The van der Waals surface area contributed by atoms with Crippen molar-refractivity contribution in [3.8, 4) is 0 Å². The van der Waals surface area contributed by atoms with Crippen LogP contribution in [0.25, 0.3) is 0 Å². The molecular formula is C7H15OS. The average molecular weight is 147 g/mol. The lowest BCUT2D eigenvalue weighted by Crippen LogP contribution is -1.86. The summed E-state index contributed by atoms with van der Waals surface area (Å²) in [7, 11) is 0. The van der Waals surface area contributed by atoms with E-state index in [9.17, 15) is 5.11 Å². The Bertz CT molecular complexity index is 42.2. The number of unbranched alkanes of at least 4 members (excludes halogenated alkanes) is 2. The quantitative estimate of drug-likeness (QED) is 0.528. The van der Waals surface area contributed by atoms with Crippen LogP contribution in [-0.2, 0) is 5.11 Å². The zero-order valence-corrected chi connectivity index (χ0v) is 6.88. The van der Waals surface area contributed by atoms with Crippen molar-refractivity contribution in [1.29, 1.82) is 0 Å². The second-order valence-corrected chi connectivity index (χ2v) is 3.25. The number of hydrogen-bond acceptors (Lipinski definition) is 1. The highest BCUT2D eigenvalue weighted by Crippen LogP contribution is 2.04. The zero-order valence-electron chi connectivity index (χ0n) is 6.06. The summed E-state index contributed by atoms with van der Waals surface area (Å²) in [6.07, 6.45) is 3.87. The summed E-state index contributed by atoms with van der Waals surface area (Å²) in [6, 6.07) is 0. The van der Waals surface area contributed by atoms with Crippen molar-refractivity contribution in [1.82, 2.24) is 0 Å². The molecule has 1 nitrogen and oxygen atoms in total. The third-order valence-corrected chi connectivity index (χ3v) is 2.15. The molecule has 0 saturated carbocycles. The SMILES string of the molecule is CCCCCSCC[O]. The molecule has 0 aliphatic carbocycles. The first-order valence-electron chi connectivity index (χ1n) is 3.57. The standard InChI is InChI=1S/C7H15OS/c1-2-3-4-6-9-7-5-8/h2-7H2,1H3. The lowest BCUT2D eigenvalue weighted by Gasteiger charge is -1.95. The van der Waals surface area contributed by atoms with E-state index in [4.69, 9.17) is 0 Å². The van der Waals surface area contributed by atoms with Gasteiger partial charge in [-0.15, -0.1) is 0 Å². The maximum absolute atomic E-state index is 9.94. The predicted molar refractivity (Wildman–Crippen MR) is 42.4 cm³/mol. The van der Waals surface area contributed by atoms with Gasteiger partial charge in [-0.05, 0) is 12.2 Å². The summed E-state index contributed by atoms with van der Waals surface area (Å²) in [6.45, 7) is 2.27. The fourth-order valence-corrected chi connectivity index (χ4v) is 1.35. The van der Waals surface area contributed by atoms with Gasteiger partial charge in [-0.2, -0.15) is 11.8 Å². The molecule has 0 rings (SSSR count). The second-order valence-electron chi connectivity index (χ2n) is 2.02. The van der Waals surface area contributed by atoms with Gasteiger partial charge in [0.05, 0.1) is 6.61 Å². The summed E-state index contributed by atoms with van der Waals surface area (Å²) in [4.78, 5) is 0. The van der Waals surface area contributed by atoms with Gasteiger partial charge in [0.2, 0.25) is 0 Å². The molecule has 0 aromatic rings. The van der Waals surface area contributed by atoms with Crippen LogP contribution in [-0.4, -0.2) is 18.1 Å². The molecule has 0 atom stereocenters. The zero-order chi connectivity index (χ0) is 6.95. The Kier molecular flexibility index (Phi) is 8.60. The van der Waals surface area contributed by atoms with Gasteiger partial charge in [-0.25, -0.2) is 5.11 Å². The monoisotopic (exact) mass is 147 g/mol. The highest BCUT2D eigenvalue weighted by Gasteiger charge is 1.86. The maximum atomic E-state index is 9.94. The molecular weight excluding hydrogens is 132 g/mol. The largest absolute Gasteiger partial charge is 0.236 e. The van der Waals surface area contributed by atoms with Crippen LogP contribution >= 0.6 is 11.8 Å². The van der Waals surface area contributed by atoms with Crippen molar-refractivity contribution < 1.29 is 5.11 Å². The fourth-order valence-electron chi connectivity index (χ4n) is 0.615. The van der Waals surface area contributed by atoms with E-state index < -0.39 is 0 Å². The highest BCUT2D eigenvalue weighted by atomic mass is 32.2. The molecule has 0 heterocycles. The Morgan fingerprint density at radius 1 is 1.22 bits per heavy atom. The molecule has 0 amide bonds. The first-order chi connectivity index (χ1) is 4.41. The van der Waals surface area contributed by atoms with E-state index in [1.54, 1.807) is 11.8 Å². The number of hydrogen-bond donors (Lipinski definition) is 0. The summed E-state index contributed by atoms with van der Waals surface area (Å²) >= 11 is 1.78. The third-order valence-electron chi connectivity index (χ3n) is 1.12. The van der Waals surface area contributed by atoms with E-state index in [0.717, 1.165) is 5.75 Å². The molecule has 1 radical (unpaired) electrons. The maximum Gasteiger partial charge on any atom is 0.0912 e. The smallest absolute Gasteiger partial charge is 0.0912 e. The molecule has 9 heavy (non-hydrogen) atoms. The van der Waals surface area contributed by atoms with E-state index >= 15 is 0 Å². The van der Waals surface area contributed by atoms with Crippen molar-refractivity contribution in [2.45, 2.75) is 26.2 Å². The third kappa shape index (κ3) is 8.31. The Morgan fingerprint density at radius 2 is 2.00 bits per heavy atom. The number of rotatable bonds is 6. The molecule has 0 bridgehead atoms. The fraction of sp³-hybridized carbons (Fsp3) is 1.00. The van der Waals surface area contributed by atoms with Crippen LogP contribution in [0.4, 0.5) is 0 Å². The van der Waals surface area contributed by atoms with Gasteiger partial charge in [0, 0.05) is 5.75 Å². The Hall–Kier alpha value is 0.310. The van der Waals surface area contributed by atoms with Crippen molar-refractivity contribution in [2.24, 2.45) is 0 Å². The van der Waals surface area contributed by atoms with Crippen LogP contribution in [0.2, 0.25) is 0 Å². The van der Waals surface area contributed by atoms with Crippen LogP contribution in [0.15, 0.2) is 0 Å². The van der Waals surface area contributed by atoms with Crippen LogP contribution in [0.3, 0.4) is 0 Å². The van der Waals surface area contributed by atoms with Crippen LogP contribution in [0.5, 0.6) is 0 Å². The minimum atomic E-state index is 0.0802. The van der Waals surface area contributed by atoms with Crippen LogP contribution in [0, 0.1) is 0 Å². The molecule has 2 heteroatoms. The van der Waals surface area contributed by atoms with Crippen LogP contribution in [0.1, 0.15) is 26.2 Å². The van der Waals surface area contributed by atoms with Crippen LogP contribution < -0.4 is 0 Å². The molecule has 0 aliphatic rings. The van der Waals surface area contributed by atoms with Gasteiger partial charge < -0.3 is 0 Å². The lowest BCUT2D eigenvalue weighted by atomic mass is 10.3. The van der Waals surface area contributed by atoms with Crippen molar-refractivity contribution >= 4 is 11.8 Å². The Labute approximate surface area is 61.8 Å². The minimum absolute atomic E-state index is 0.0802. The van der Waals surface area contributed by atoms with Gasteiger partial charge in [0.25, 0.3) is 0 Å². The Balaban J connectivity index is 2.60. The molecule has 0 aromatic heterocycles. The molecule has 0 aromatic carbocycles. The van der Waals surface area contributed by atoms with Gasteiger partial charge in [-0.3, -0.25) is 0 Å². The Morgan fingerprint density at radius 3 is 2.56 bits per heavy atom. The minimum Gasteiger partial charge on any atom is -0.236 e. The first-order valence-corrected chi connectivity index (χ1v) is 4.73. The van der Waals surface area contributed by atoms with Crippen molar-refractivity contribution in [2.75, 3.05) is 18.1 Å². The van der Waals surface area contributed by atoms with Gasteiger partial charge in [0.1, 0.15) is 0 Å². The normalized spacial score (nSPS) is 10.0. The number of thioether (sulfide) groups is 1. The van der Waals surface area contributed by atoms with E-state index in [0.29, 0.717) is 0 Å². The topological polar surface area (TPSA) is 19.9 Å². The summed E-state index contributed by atoms with van der Waals surface area (Å²) < 4.78 is 0. The van der Waals surface area contributed by atoms with Gasteiger partial charge in [-0.1, -0.05) is 19.8 Å². The molecule has 0 spiro atoms. The summed E-state index contributed by atoms with van der Waals surface area (Å²) in [5, 5.41) is 9.94. The summed E-state index contributed by atoms with van der Waals surface area (Å²) in [5.41, 5.74) is 0. The molecule has 0 saturated heterocycles. The predicted octanol–water partition coefficient (Wildman–Crippen LogP) is 2.34. The van der Waals surface area contributed by atoms with E-state index in [1.807, 2.05) is 0 Å². The highest BCUT2D eigenvalue weighted by molar-refractivity contribution is 7.99. The average Bonchev–Trinajstić information content (AvgIpc) is 1.89. The molecule has 0 unspecified atom stereocenters. The van der Waals surface area contributed by atoms with E-state index in [2.05, 4.69) is 6.92 Å². The van der Waals surface area contributed by atoms with Gasteiger partial charge in [0.15, 0.2) is 0 Å². The van der Waals surface area contributed by atoms with Crippen molar-refractivity contribution in [3.05, 3.63) is 0 Å². The molecule has 0 aliphatic heterocycles. The second kappa shape index (κ2) is 8.31. The molecule has 0 N–H and O–H groups in total. The summed E-state index contributed by atoms with van der Waals surface area (Å²) in [5.74, 6) is 1.97. The van der Waals surface area contributed by atoms with Gasteiger partial charge >= 0.3 is 0 Å². The molecule has 0 fully saturated rings. The van der Waals surface area contributed by atoms with E-state index in [-0.39, 0.29) is 6.61 Å². The first kappa shape index (κ1) is 9.31.